The fourth-order valence-electron chi connectivity index (χ4n) is 3.68. The van der Waals surface area contributed by atoms with E-state index in [0.29, 0.717) is 0 Å². The summed E-state index contributed by atoms with van der Waals surface area (Å²) in [5, 5.41) is 10.9. The molecule has 5 nitrogen and oxygen atoms in total. The zero-order valence-electron chi connectivity index (χ0n) is 17.6. The molecule has 0 saturated heterocycles. The third-order valence-corrected chi connectivity index (χ3v) is 5.25. The maximum absolute atomic E-state index is 13.2. The second kappa shape index (κ2) is 8.11. The molecule has 0 aliphatic heterocycles. The van der Waals surface area contributed by atoms with Crippen molar-refractivity contribution in [2.45, 2.75) is 33.3 Å². The van der Waals surface area contributed by atoms with Gasteiger partial charge in [0.2, 0.25) is 0 Å². The van der Waals surface area contributed by atoms with Crippen LogP contribution in [-0.4, -0.2) is 10.9 Å². The summed E-state index contributed by atoms with van der Waals surface area (Å²) in [6.45, 7) is 8.10. The highest BCUT2D eigenvalue weighted by Crippen LogP contribution is 2.48. The Labute approximate surface area is 176 Å². The number of carbonyl (C=O) groups is 1. The van der Waals surface area contributed by atoms with Crippen molar-refractivity contribution in [3.05, 3.63) is 111 Å². The van der Waals surface area contributed by atoms with Gasteiger partial charge in [-0.1, -0.05) is 80.9 Å². The van der Waals surface area contributed by atoms with E-state index in [4.69, 9.17) is 4.74 Å². The smallest absolute Gasteiger partial charge is 0.339 e. The fraction of sp³-hybridized carbons (Fsp3) is 0.240. The molecule has 3 aromatic carbocycles. The quantitative estimate of drug-likeness (QED) is 0.295. The number of nitro groups is 1. The highest BCUT2D eigenvalue weighted by Gasteiger charge is 2.49. The first-order chi connectivity index (χ1) is 14.1. The summed E-state index contributed by atoms with van der Waals surface area (Å²) in [6.07, 6.45) is 0. The molecule has 1 atom stereocenters. The molecule has 0 N–H and O–H groups in total. The molecule has 0 fully saturated rings. The van der Waals surface area contributed by atoms with E-state index in [-0.39, 0.29) is 11.3 Å². The van der Waals surface area contributed by atoms with Gasteiger partial charge < -0.3 is 4.74 Å². The average Bonchev–Trinajstić information content (AvgIpc) is 2.72. The number of esters is 1. The summed E-state index contributed by atoms with van der Waals surface area (Å²) in [4.78, 5) is 23.6. The normalized spacial score (nSPS) is 13.3. The van der Waals surface area contributed by atoms with Gasteiger partial charge in [0.25, 0.3) is 5.69 Å². The molecule has 1 unspecified atom stereocenters. The molecule has 0 aliphatic rings. The van der Waals surface area contributed by atoms with Gasteiger partial charge in [-0.3, -0.25) is 10.1 Å². The number of non-ortho nitro benzene ring substituents is 1. The Hall–Kier alpha value is -3.47. The van der Waals surface area contributed by atoms with Crippen molar-refractivity contribution in [3.63, 3.8) is 0 Å². The van der Waals surface area contributed by atoms with Gasteiger partial charge in [-0.2, -0.15) is 0 Å². The molecule has 3 aromatic rings. The van der Waals surface area contributed by atoms with Crippen LogP contribution in [0.2, 0.25) is 0 Å². The highest BCUT2D eigenvalue weighted by atomic mass is 16.6. The number of hydrogen-bond acceptors (Lipinski definition) is 4. The van der Waals surface area contributed by atoms with Crippen LogP contribution in [0.3, 0.4) is 0 Å². The zero-order valence-corrected chi connectivity index (χ0v) is 17.6. The van der Waals surface area contributed by atoms with E-state index in [0.717, 1.165) is 16.7 Å². The van der Waals surface area contributed by atoms with Gasteiger partial charge in [0.1, 0.15) is 0 Å². The number of rotatable bonds is 5. The molecule has 0 aliphatic carbocycles. The molecule has 30 heavy (non-hydrogen) atoms. The van der Waals surface area contributed by atoms with Crippen LogP contribution in [0.1, 0.15) is 47.8 Å². The number of carbonyl (C=O) groups excluding carboxylic acids is 1. The minimum Gasteiger partial charge on any atom is -0.445 e. The zero-order chi connectivity index (χ0) is 21.9. The van der Waals surface area contributed by atoms with Crippen LogP contribution in [0.15, 0.2) is 78.9 Å². The third kappa shape index (κ3) is 3.96. The molecule has 5 heteroatoms. The second-order valence-electron chi connectivity index (χ2n) is 8.36. The highest BCUT2D eigenvalue weighted by molar-refractivity contribution is 5.90. The lowest BCUT2D eigenvalue weighted by molar-refractivity contribution is -0.384. The molecule has 0 radical (unpaired) electrons. The number of aryl methyl sites for hydroxylation is 1. The van der Waals surface area contributed by atoms with Crippen molar-refractivity contribution in [3.8, 4) is 0 Å². The van der Waals surface area contributed by atoms with E-state index in [1.807, 2.05) is 82.3 Å². The van der Waals surface area contributed by atoms with E-state index < -0.39 is 21.9 Å². The van der Waals surface area contributed by atoms with Crippen LogP contribution in [-0.2, 0) is 10.3 Å². The van der Waals surface area contributed by atoms with Gasteiger partial charge in [0, 0.05) is 28.7 Å². The lowest BCUT2D eigenvalue weighted by atomic mass is 9.68. The standard InChI is InChI=1S/C25H25NO4/c1-18-10-14-21(15-11-18)25(24(2,3)4,20-8-6-5-7-9-20)30-23(27)19-12-16-22(17-13-19)26(28)29/h5-17H,1-4H3. The first-order valence-electron chi connectivity index (χ1n) is 9.75. The maximum atomic E-state index is 13.2. The summed E-state index contributed by atoms with van der Waals surface area (Å²) in [5.41, 5.74) is 1.48. The Morgan fingerprint density at radius 2 is 1.37 bits per heavy atom. The summed E-state index contributed by atoms with van der Waals surface area (Å²) < 4.78 is 6.29. The van der Waals surface area contributed by atoms with Crippen LogP contribution < -0.4 is 0 Å². The van der Waals surface area contributed by atoms with Crippen molar-refractivity contribution >= 4 is 11.7 Å². The third-order valence-electron chi connectivity index (χ3n) is 5.25. The van der Waals surface area contributed by atoms with Crippen LogP contribution >= 0.6 is 0 Å². The number of hydrogen-bond donors (Lipinski definition) is 0. The van der Waals surface area contributed by atoms with Crippen LogP contribution in [0, 0.1) is 22.5 Å². The SMILES string of the molecule is Cc1ccc(C(OC(=O)c2ccc([N+](=O)[O-])cc2)(c2ccccc2)C(C)(C)C)cc1. The average molecular weight is 403 g/mol. The molecule has 0 heterocycles. The molecular formula is C25H25NO4. The second-order valence-corrected chi connectivity index (χ2v) is 8.36. The van der Waals surface area contributed by atoms with Crippen molar-refractivity contribution in [2.75, 3.05) is 0 Å². The van der Waals surface area contributed by atoms with Gasteiger partial charge >= 0.3 is 5.97 Å². The predicted octanol–water partition coefficient (Wildman–Crippen LogP) is 6.05. The Bertz CT molecular complexity index is 1040. The predicted molar refractivity (Wildman–Crippen MR) is 116 cm³/mol. The monoisotopic (exact) mass is 403 g/mol. The minimum absolute atomic E-state index is 0.0739. The van der Waals surface area contributed by atoms with Crippen LogP contribution in [0.5, 0.6) is 0 Å². The van der Waals surface area contributed by atoms with Gasteiger partial charge in [0.15, 0.2) is 5.60 Å². The Morgan fingerprint density at radius 1 is 0.833 bits per heavy atom. The lowest BCUT2D eigenvalue weighted by Gasteiger charge is -2.45. The molecule has 154 valence electrons. The number of nitro benzene ring substituents is 1. The van der Waals surface area contributed by atoms with Crippen molar-refractivity contribution in [1.82, 2.24) is 0 Å². The van der Waals surface area contributed by atoms with Crippen LogP contribution in [0.25, 0.3) is 0 Å². The van der Waals surface area contributed by atoms with E-state index in [1.165, 1.54) is 24.3 Å². The van der Waals surface area contributed by atoms with Gasteiger partial charge in [-0.05, 0) is 19.1 Å². The molecule has 0 amide bonds. The summed E-state index contributed by atoms with van der Waals surface area (Å²) in [6, 6.07) is 23.1. The first-order valence-corrected chi connectivity index (χ1v) is 9.75. The van der Waals surface area contributed by atoms with Gasteiger partial charge in [-0.15, -0.1) is 0 Å². The Morgan fingerprint density at radius 3 is 1.87 bits per heavy atom. The number of benzene rings is 3. The maximum Gasteiger partial charge on any atom is 0.339 e. The molecule has 0 aromatic heterocycles. The summed E-state index contributed by atoms with van der Waals surface area (Å²) >= 11 is 0. The van der Waals surface area contributed by atoms with Crippen molar-refractivity contribution < 1.29 is 14.5 Å². The topological polar surface area (TPSA) is 69.4 Å². The van der Waals surface area contributed by atoms with Gasteiger partial charge in [-0.25, -0.2) is 4.79 Å². The van der Waals surface area contributed by atoms with Crippen LogP contribution in [0.4, 0.5) is 5.69 Å². The molecule has 3 rings (SSSR count). The molecule has 0 saturated carbocycles. The van der Waals surface area contributed by atoms with E-state index >= 15 is 0 Å². The Balaban J connectivity index is 2.14. The summed E-state index contributed by atoms with van der Waals surface area (Å²) in [5.74, 6) is -0.538. The van der Waals surface area contributed by atoms with Gasteiger partial charge in [0.05, 0.1) is 10.5 Å². The minimum atomic E-state index is -1.05. The number of nitrogens with zero attached hydrogens (tertiary/aromatic N) is 1. The van der Waals surface area contributed by atoms with Crippen molar-refractivity contribution in [2.24, 2.45) is 5.41 Å². The van der Waals surface area contributed by atoms with E-state index in [2.05, 4.69) is 0 Å². The number of ether oxygens (including phenoxy) is 1. The Kier molecular flexibility index (Phi) is 5.74. The van der Waals surface area contributed by atoms with E-state index in [9.17, 15) is 14.9 Å². The molecular weight excluding hydrogens is 378 g/mol. The fourth-order valence-corrected chi connectivity index (χ4v) is 3.68. The molecule has 0 spiro atoms. The van der Waals surface area contributed by atoms with E-state index in [1.54, 1.807) is 0 Å². The largest absolute Gasteiger partial charge is 0.445 e. The lowest BCUT2D eigenvalue weighted by Crippen LogP contribution is -2.45. The first kappa shape index (κ1) is 21.2. The molecule has 0 bridgehead atoms. The van der Waals surface area contributed by atoms with Crippen molar-refractivity contribution in [1.29, 1.82) is 0 Å². The summed E-state index contributed by atoms with van der Waals surface area (Å²) in [7, 11) is 0.